The molecule has 2 saturated heterocycles. The number of carbonyl (C=O) groups is 1. The van der Waals surface area contributed by atoms with Crippen molar-refractivity contribution in [3.05, 3.63) is 30.4 Å². The first-order valence-electron chi connectivity index (χ1n) is 10.6. The van der Waals surface area contributed by atoms with E-state index in [1.807, 2.05) is 12.3 Å². The van der Waals surface area contributed by atoms with Crippen LogP contribution in [0.3, 0.4) is 0 Å². The number of nitrogens with one attached hydrogen (secondary N) is 1. The fourth-order valence-corrected chi connectivity index (χ4v) is 4.44. The van der Waals surface area contributed by atoms with Crippen LogP contribution in [0.25, 0.3) is 22.4 Å². The Morgan fingerprint density at radius 3 is 2.83 bits per heavy atom. The Labute approximate surface area is 173 Å². The maximum atomic E-state index is 12.3. The summed E-state index contributed by atoms with van der Waals surface area (Å²) in [6, 6.07) is 4.19. The molecular weight excluding hydrogens is 384 g/mol. The van der Waals surface area contributed by atoms with Crippen molar-refractivity contribution in [3.8, 4) is 11.4 Å². The quantitative estimate of drug-likeness (QED) is 0.713. The van der Waals surface area contributed by atoms with Crippen LogP contribution in [0, 0.1) is 0 Å². The SMILES string of the molecule is O=C(OC1COC1)N1CCN(c2ccnc3[nH]c(-c4cn5c(n4)CCC5)cc23)CC1. The number of aryl methyl sites for hydroxylation is 2. The zero-order valence-electron chi connectivity index (χ0n) is 16.7. The van der Waals surface area contributed by atoms with E-state index in [1.54, 1.807) is 4.90 Å². The van der Waals surface area contributed by atoms with Crippen LogP contribution in [0.2, 0.25) is 0 Å². The van der Waals surface area contributed by atoms with Crippen LogP contribution in [0.15, 0.2) is 24.5 Å². The summed E-state index contributed by atoms with van der Waals surface area (Å²) in [5, 5.41) is 1.09. The second kappa shape index (κ2) is 7.02. The summed E-state index contributed by atoms with van der Waals surface area (Å²) in [4.78, 5) is 29.1. The fourth-order valence-electron chi connectivity index (χ4n) is 4.44. The second-order valence-corrected chi connectivity index (χ2v) is 8.13. The number of rotatable bonds is 3. The van der Waals surface area contributed by atoms with Crippen molar-refractivity contribution >= 4 is 22.8 Å². The molecular formula is C21H24N6O3. The van der Waals surface area contributed by atoms with Crippen molar-refractivity contribution < 1.29 is 14.3 Å². The molecule has 3 aromatic rings. The van der Waals surface area contributed by atoms with E-state index in [0.29, 0.717) is 26.3 Å². The zero-order chi connectivity index (χ0) is 20.1. The average molecular weight is 408 g/mol. The van der Waals surface area contributed by atoms with Gasteiger partial charge >= 0.3 is 6.09 Å². The number of piperazine rings is 1. The average Bonchev–Trinajstić information content (AvgIpc) is 3.44. The van der Waals surface area contributed by atoms with Gasteiger partial charge in [-0.25, -0.2) is 14.8 Å². The van der Waals surface area contributed by atoms with E-state index in [1.165, 1.54) is 6.42 Å². The van der Waals surface area contributed by atoms with Gasteiger partial charge in [-0.15, -0.1) is 0 Å². The Balaban J connectivity index is 1.20. The van der Waals surface area contributed by atoms with Crippen molar-refractivity contribution in [2.75, 3.05) is 44.3 Å². The topological polar surface area (TPSA) is 88.5 Å². The van der Waals surface area contributed by atoms with Gasteiger partial charge in [-0.2, -0.15) is 0 Å². The number of H-pyrrole nitrogens is 1. The highest BCUT2D eigenvalue weighted by Crippen LogP contribution is 2.31. The number of aromatic nitrogens is 4. The van der Waals surface area contributed by atoms with E-state index in [2.05, 4.69) is 31.7 Å². The predicted molar refractivity (Wildman–Crippen MR) is 111 cm³/mol. The van der Waals surface area contributed by atoms with Gasteiger partial charge < -0.3 is 28.8 Å². The molecule has 6 rings (SSSR count). The predicted octanol–water partition coefficient (Wildman–Crippen LogP) is 2.03. The standard InChI is InChI=1S/C21H24N6O3/c28-21(30-14-12-29-13-14)26-8-6-25(7-9-26)18-3-4-22-20-15(18)10-16(24-20)17-11-27-5-1-2-19(27)23-17/h3-4,10-11,14H,1-2,5-9,12-13H2,(H,22,24). The number of amides is 1. The molecule has 0 saturated carbocycles. The first-order valence-corrected chi connectivity index (χ1v) is 10.6. The maximum Gasteiger partial charge on any atom is 0.410 e. The lowest BCUT2D eigenvalue weighted by molar-refractivity contribution is -0.104. The third-order valence-electron chi connectivity index (χ3n) is 6.20. The van der Waals surface area contributed by atoms with Gasteiger partial charge in [-0.3, -0.25) is 0 Å². The monoisotopic (exact) mass is 408 g/mol. The highest BCUT2D eigenvalue weighted by molar-refractivity contribution is 5.93. The molecule has 0 atom stereocenters. The molecule has 156 valence electrons. The third kappa shape index (κ3) is 3.00. The molecule has 9 heteroatoms. The summed E-state index contributed by atoms with van der Waals surface area (Å²) in [5.74, 6) is 1.16. The van der Waals surface area contributed by atoms with E-state index in [0.717, 1.165) is 60.0 Å². The van der Waals surface area contributed by atoms with Gasteiger partial charge in [-0.05, 0) is 18.6 Å². The Bertz CT molecular complexity index is 1070. The largest absolute Gasteiger partial charge is 0.441 e. The number of imidazole rings is 1. The van der Waals surface area contributed by atoms with E-state index < -0.39 is 0 Å². The molecule has 9 nitrogen and oxygen atoms in total. The molecule has 30 heavy (non-hydrogen) atoms. The van der Waals surface area contributed by atoms with Crippen LogP contribution >= 0.6 is 0 Å². The molecule has 0 bridgehead atoms. The lowest BCUT2D eigenvalue weighted by Crippen LogP contribution is -2.51. The molecule has 0 spiro atoms. The summed E-state index contributed by atoms with van der Waals surface area (Å²) in [6.07, 6.45) is 5.86. The Kier molecular flexibility index (Phi) is 4.15. The molecule has 3 aromatic heterocycles. The number of nitrogens with zero attached hydrogens (tertiary/aromatic N) is 5. The van der Waals surface area contributed by atoms with Crippen molar-refractivity contribution in [2.45, 2.75) is 25.5 Å². The van der Waals surface area contributed by atoms with Gasteiger partial charge in [0.15, 0.2) is 6.10 Å². The Morgan fingerprint density at radius 2 is 2.07 bits per heavy atom. The second-order valence-electron chi connectivity index (χ2n) is 8.13. The van der Waals surface area contributed by atoms with E-state index in [9.17, 15) is 4.79 Å². The van der Waals surface area contributed by atoms with Crippen LogP contribution in [0.5, 0.6) is 0 Å². The van der Waals surface area contributed by atoms with Crippen molar-refractivity contribution in [2.24, 2.45) is 0 Å². The van der Waals surface area contributed by atoms with Gasteiger partial charge in [0.2, 0.25) is 0 Å². The first kappa shape index (κ1) is 17.8. The lowest BCUT2D eigenvalue weighted by atomic mass is 10.2. The van der Waals surface area contributed by atoms with E-state index >= 15 is 0 Å². The van der Waals surface area contributed by atoms with Crippen molar-refractivity contribution in [3.63, 3.8) is 0 Å². The summed E-state index contributed by atoms with van der Waals surface area (Å²) < 4.78 is 12.7. The smallest absolute Gasteiger partial charge is 0.410 e. The summed E-state index contributed by atoms with van der Waals surface area (Å²) in [7, 11) is 0. The first-order chi connectivity index (χ1) is 14.7. The van der Waals surface area contributed by atoms with Crippen LogP contribution in [0.4, 0.5) is 10.5 Å². The number of fused-ring (bicyclic) bond motifs is 2. The zero-order valence-corrected chi connectivity index (χ0v) is 16.7. The minimum Gasteiger partial charge on any atom is -0.441 e. The number of ether oxygens (including phenoxy) is 2. The third-order valence-corrected chi connectivity index (χ3v) is 6.20. The van der Waals surface area contributed by atoms with Gasteiger partial charge in [0.05, 0.1) is 18.9 Å². The van der Waals surface area contributed by atoms with E-state index in [4.69, 9.17) is 14.5 Å². The number of hydrogen-bond acceptors (Lipinski definition) is 6. The van der Waals surface area contributed by atoms with Crippen molar-refractivity contribution in [1.29, 1.82) is 0 Å². The molecule has 6 heterocycles. The highest BCUT2D eigenvalue weighted by atomic mass is 16.6. The molecule has 0 aromatic carbocycles. The summed E-state index contributed by atoms with van der Waals surface area (Å²) in [5.41, 5.74) is 3.97. The lowest BCUT2D eigenvalue weighted by Gasteiger charge is -2.37. The van der Waals surface area contributed by atoms with Crippen molar-refractivity contribution in [1.82, 2.24) is 24.4 Å². The molecule has 0 radical (unpaired) electrons. The summed E-state index contributed by atoms with van der Waals surface area (Å²) in [6.45, 7) is 4.87. The number of hydrogen-bond donors (Lipinski definition) is 1. The molecule has 2 fully saturated rings. The number of anilines is 1. The van der Waals surface area contributed by atoms with Crippen LogP contribution in [0.1, 0.15) is 12.2 Å². The van der Waals surface area contributed by atoms with Crippen LogP contribution < -0.4 is 4.90 Å². The minimum absolute atomic E-state index is 0.0852. The maximum absolute atomic E-state index is 12.3. The van der Waals surface area contributed by atoms with Crippen LogP contribution in [-0.4, -0.2) is 76.0 Å². The van der Waals surface area contributed by atoms with E-state index in [-0.39, 0.29) is 12.2 Å². The fraction of sp³-hybridized carbons (Fsp3) is 0.476. The molecule has 1 amide bonds. The van der Waals surface area contributed by atoms with Gasteiger partial charge in [0.1, 0.15) is 17.2 Å². The highest BCUT2D eigenvalue weighted by Gasteiger charge is 2.28. The molecule has 0 unspecified atom stereocenters. The number of pyridine rings is 1. The molecule has 0 aliphatic carbocycles. The normalized spacial score (nSPS) is 19.2. The Hall–Kier alpha value is -3.07. The Morgan fingerprint density at radius 1 is 1.20 bits per heavy atom. The molecule has 1 N–H and O–H groups in total. The van der Waals surface area contributed by atoms with Crippen LogP contribution in [-0.2, 0) is 22.4 Å². The van der Waals surface area contributed by atoms with Gasteiger partial charge in [0, 0.05) is 62.6 Å². The summed E-state index contributed by atoms with van der Waals surface area (Å²) >= 11 is 0. The van der Waals surface area contributed by atoms with Gasteiger partial charge in [0.25, 0.3) is 0 Å². The minimum atomic E-state index is -0.236. The molecule has 3 aliphatic heterocycles. The number of carbonyl (C=O) groups excluding carboxylic acids is 1. The molecule has 3 aliphatic rings. The number of aromatic amines is 1. The van der Waals surface area contributed by atoms with Gasteiger partial charge in [-0.1, -0.05) is 0 Å².